The average molecular weight is 505 g/mol. The fourth-order valence-corrected chi connectivity index (χ4v) is 5.52. The van der Waals surface area contributed by atoms with E-state index in [9.17, 15) is 4.79 Å². The summed E-state index contributed by atoms with van der Waals surface area (Å²) >= 11 is 0. The lowest BCUT2D eigenvalue weighted by Gasteiger charge is -2.38. The quantitative estimate of drug-likeness (QED) is 0.527. The van der Waals surface area contributed by atoms with Gasteiger partial charge in [-0.05, 0) is 43.2 Å². The van der Waals surface area contributed by atoms with Crippen molar-refractivity contribution in [1.29, 1.82) is 0 Å². The zero-order valence-electron chi connectivity index (χ0n) is 21.9. The summed E-state index contributed by atoms with van der Waals surface area (Å²) in [6.45, 7) is 4.75. The molecule has 0 unspecified atom stereocenters. The predicted octanol–water partition coefficient (Wildman–Crippen LogP) is 3.54. The van der Waals surface area contributed by atoms with Crippen molar-refractivity contribution in [3.05, 3.63) is 65.2 Å². The topological polar surface area (TPSA) is 85.8 Å². The monoisotopic (exact) mass is 504 g/mol. The molecule has 0 radical (unpaired) electrons. The molecule has 2 aromatic carbocycles. The number of rotatable bonds is 7. The molecule has 3 heterocycles. The Hall–Kier alpha value is -3.07. The van der Waals surface area contributed by atoms with Gasteiger partial charge in [-0.2, -0.15) is 0 Å². The summed E-state index contributed by atoms with van der Waals surface area (Å²) in [5.74, 6) is 0.821. The number of nitrogens with zero attached hydrogens (tertiary/aromatic N) is 3. The van der Waals surface area contributed by atoms with Crippen molar-refractivity contribution in [3.63, 3.8) is 0 Å². The van der Waals surface area contributed by atoms with Crippen LogP contribution in [0.2, 0.25) is 0 Å². The Bertz CT molecular complexity index is 1240. The van der Waals surface area contributed by atoms with Crippen LogP contribution in [-0.4, -0.2) is 79.5 Å². The smallest absolute Gasteiger partial charge is 0.272 e. The summed E-state index contributed by atoms with van der Waals surface area (Å²) in [6.07, 6.45) is 4.97. The number of carbonyl (C=O) groups is 1. The molecule has 1 N–H and O–H groups in total. The summed E-state index contributed by atoms with van der Waals surface area (Å²) in [4.78, 5) is 24.3. The maximum absolute atomic E-state index is 13.5. The largest absolute Gasteiger partial charge is 0.496 e. The van der Waals surface area contributed by atoms with E-state index in [0.29, 0.717) is 43.9 Å². The Labute approximate surface area is 218 Å². The van der Waals surface area contributed by atoms with Gasteiger partial charge in [0.15, 0.2) is 0 Å². The van der Waals surface area contributed by atoms with Crippen LogP contribution >= 0.6 is 0 Å². The first kappa shape index (κ1) is 25.6. The Morgan fingerprint density at radius 1 is 1.14 bits per heavy atom. The number of methoxy groups -OCH3 is 2. The number of hydrogen-bond acceptors (Lipinski definition) is 7. The number of fused-ring (bicyclic) bond motifs is 1. The van der Waals surface area contributed by atoms with Gasteiger partial charge in [0.2, 0.25) is 0 Å². The first-order chi connectivity index (χ1) is 18.1. The van der Waals surface area contributed by atoms with Gasteiger partial charge in [-0.25, -0.2) is 9.97 Å². The van der Waals surface area contributed by atoms with Crippen LogP contribution in [0.3, 0.4) is 0 Å². The number of likely N-dealkylation sites (tertiary alicyclic amines) is 1. The number of amides is 1. The molecular weight excluding hydrogens is 468 g/mol. The first-order valence-electron chi connectivity index (χ1n) is 13.1. The maximum atomic E-state index is 13.5. The van der Waals surface area contributed by atoms with Crippen LogP contribution in [0.4, 0.5) is 0 Å². The Morgan fingerprint density at radius 2 is 1.95 bits per heavy atom. The van der Waals surface area contributed by atoms with Gasteiger partial charge in [-0.1, -0.05) is 30.3 Å². The lowest BCUT2D eigenvalue weighted by atomic mass is 9.98. The lowest BCUT2D eigenvalue weighted by Crippen LogP contribution is -2.54. The number of piperidine rings is 1. The number of carbonyl (C=O) groups excluding carboxylic acids is 1. The molecule has 0 bridgehead atoms. The third-order valence-corrected chi connectivity index (χ3v) is 7.70. The van der Waals surface area contributed by atoms with Crippen LogP contribution in [0.25, 0.3) is 10.8 Å². The van der Waals surface area contributed by atoms with Gasteiger partial charge < -0.3 is 24.4 Å². The van der Waals surface area contributed by atoms with Gasteiger partial charge in [0.1, 0.15) is 17.8 Å². The molecule has 0 spiro atoms. The van der Waals surface area contributed by atoms with Crippen molar-refractivity contribution in [2.75, 3.05) is 40.5 Å². The van der Waals surface area contributed by atoms with E-state index < -0.39 is 0 Å². The van der Waals surface area contributed by atoms with Gasteiger partial charge in [0.25, 0.3) is 5.91 Å². The molecule has 3 aromatic rings. The standard InChI is InChI=1S/C29H36N4O4/c1-19-25(15-20-14-21-6-4-5-7-23(21)26(16-20)35-2)30-18-31-28(19)29(34)33-11-8-22(9-12-33)32-24-10-13-37-17-27(24)36-3/h4-7,14,16,18,22,24,27,32H,8-13,15,17H2,1-3H3/t24-,27+/m0/s1. The summed E-state index contributed by atoms with van der Waals surface area (Å²) < 4.78 is 16.8. The average Bonchev–Trinajstić information content (AvgIpc) is 2.94. The minimum Gasteiger partial charge on any atom is -0.496 e. The Kier molecular flexibility index (Phi) is 7.98. The maximum Gasteiger partial charge on any atom is 0.272 e. The van der Waals surface area contributed by atoms with Crippen molar-refractivity contribution in [2.45, 2.75) is 50.8 Å². The van der Waals surface area contributed by atoms with Crippen LogP contribution in [0.1, 0.15) is 46.6 Å². The highest BCUT2D eigenvalue weighted by Gasteiger charge is 2.31. The second kappa shape index (κ2) is 11.5. The number of nitrogens with one attached hydrogen (secondary N) is 1. The van der Waals surface area contributed by atoms with E-state index >= 15 is 0 Å². The van der Waals surface area contributed by atoms with Crippen molar-refractivity contribution in [3.8, 4) is 5.75 Å². The van der Waals surface area contributed by atoms with E-state index in [0.717, 1.165) is 59.2 Å². The molecule has 2 atom stereocenters. The zero-order valence-corrected chi connectivity index (χ0v) is 21.9. The molecule has 8 nitrogen and oxygen atoms in total. The lowest BCUT2D eigenvalue weighted by molar-refractivity contribution is -0.0533. The summed E-state index contributed by atoms with van der Waals surface area (Å²) in [5.41, 5.74) is 3.28. The molecule has 1 aromatic heterocycles. The van der Waals surface area contributed by atoms with E-state index in [1.807, 2.05) is 24.0 Å². The van der Waals surface area contributed by atoms with E-state index in [2.05, 4.69) is 39.6 Å². The molecule has 0 aliphatic carbocycles. The molecule has 2 saturated heterocycles. The van der Waals surface area contributed by atoms with Crippen molar-refractivity contribution in [1.82, 2.24) is 20.2 Å². The SMILES string of the molecule is COc1cc(Cc2ncnc(C(=O)N3CCC(N[C@H]4CCOC[C@H]4OC)CC3)c2C)cc2ccccc12. The molecule has 2 fully saturated rings. The van der Waals surface area contributed by atoms with E-state index in [-0.39, 0.29) is 12.0 Å². The van der Waals surface area contributed by atoms with Crippen molar-refractivity contribution >= 4 is 16.7 Å². The Balaban J connectivity index is 1.25. The fraction of sp³-hybridized carbons (Fsp3) is 0.483. The van der Waals surface area contributed by atoms with Crippen LogP contribution in [0.5, 0.6) is 5.75 Å². The minimum atomic E-state index is -0.0171. The molecule has 37 heavy (non-hydrogen) atoms. The molecular formula is C29H36N4O4. The van der Waals surface area contributed by atoms with Crippen LogP contribution < -0.4 is 10.1 Å². The number of benzene rings is 2. The number of ether oxygens (including phenoxy) is 3. The fourth-order valence-electron chi connectivity index (χ4n) is 5.52. The highest BCUT2D eigenvalue weighted by Crippen LogP contribution is 2.29. The highest BCUT2D eigenvalue weighted by atomic mass is 16.5. The summed E-state index contributed by atoms with van der Waals surface area (Å²) in [5, 5.41) is 5.95. The summed E-state index contributed by atoms with van der Waals surface area (Å²) in [6, 6.07) is 13.1. The van der Waals surface area contributed by atoms with Crippen LogP contribution in [0.15, 0.2) is 42.7 Å². The van der Waals surface area contributed by atoms with Crippen LogP contribution in [0, 0.1) is 6.92 Å². The van der Waals surface area contributed by atoms with Gasteiger partial charge in [0.05, 0.1) is 25.5 Å². The van der Waals surface area contributed by atoms with E-state index in [1.165, 1.54) is 6.33 Å². The molecule has 5 rings (SSSR count). The highest BCUT2D eigenvalue weighted by molar-refractivity contribution is 5.94. The second-order valence-electron chi connectivity index (χ2n) is 9.97. The molecule has 2 aliphatic heterocycles. The number of aromatic nitrogens is 2. The molecule has 0 saturated carbocycles. The van der Waals surface area contributed by atoms with Crippen molar-refractivity contribution in [2.24, 2.45) is 0 Å². The first-order valence-corrected chi connectivity index (χ1v) is 13.1. The normalized spacial score (nSPS) is 20.8. The minimum absolute atomic E-state index is 0.0171. The van der Waals surface area contributed by atoms with E-state index in [4.69, 9.17) is 14.2 Å². The molecule has 8 heteroatoms. The summed E-state index contributed by atoms with van der Waals surface area (Å²) in [7, 11) is 3.43. The Morgan fingerprint density at radius 3 is 2.73 bits per heavy atom. The predicted molar refractivity (Wildman–Crippen MR) is 142 cm³/mol. The molecule has 2 aliphatic rings. The van der Waals surface area contributed by atoms with Crippen LogP contribution in [-0.2, 0) is 15.9 Å². The third kappa shape index (κ3) is 5.61. The van der Waals surface area contributed by atoms with Gasteiger partial charge in [0, 0.05) is 56.3 Å². The third-order valence-electron chi connectivity index (χ3n) is 7.70. The van der Waals surface area contributed by atoms with Gasteiger partial charge in [-0.15, -0.1) is 0 Å². The van der Waals surface area contributed by atoms with Gasteiger partial charge >= 0.3 is 0 Å². The number of hydrogen-bond donors (Lipinski definition) is 1. The molecule has 196 valence electrons. The van der Waals surface area contributed by atoms with Crippen molar-refractivity contribution < 1.29 is 19.0 Å². The zero-order chi connectivity index (χ0) is 25.8. The van der Waals surface area contributed by atoms with Gasteiger partial charge in [-0.3, -0.25) is 4.79 Å². The second-order valence-corrected chi connectivity index (χ2v) is 9.97. The molecule has 1 amide bonds. The van der Waals surface area contributed by atoms with E-state index in [1.54, 1.807) is 14.2 Å².